The van der Waals surface area contributed by atoms with E-state index in [1.54, 1.807) is 0 Å². The second-order valence-electron chi connectivity index (χ2n) is 4.52. The minimum Gasteiger partial charge on any atom is -0.336 e. The van der Waals surface area contributed by atoms with Crippen molar-refractivity contribution in [3.63, 3.8) is 0 Å². The lowest BCUT2D eigenvalue weighted by Crippen LogP contribution is -2.51. The Hall–Kier alpha value is -0.770. The molecule has 0 aliphatic carbocycles. The van der Waals surface area contributed by atoms with E-state index in [1.165, 1.54) is 0 Å². The van der Waals surface area contributed by atoms with Gasteiger partial charge in [0.1, 0.15) is 0 Å². The monoisotopic (exact) mass is 288 g/mol. The van der Waals surface area contributed by atoms with Gasteiger partial charge in [0.2, 0.25) is 0 Å². The molecule has 2 rings (SSSR count). The molecule has 0 bridgehead atoms. The summed E-state index contributed by atoms with van der Waals surface area (Å²) in [7, 11) is 0. The van der Waals surface area contributed by atoms with E-state index in [-0.39, 0.29) is 18.3 Å². The molecule has 1 saturated heterocycles. The van der Waals surface area contributed by atoms with Crippen molar-refractivity contribution < 1.29 is 4.79 Å². The van der Waals surface area contributed by atoms with E-state index < -0.39 is 0 Å². The van der Waals surface area contributed by atoms with Crippen LogP contribution in [0.25, 0.3) is 0 Å². The number of carbonyl (C=O) groups excluding carboxylic acids is 1. The topological polar surface area (TPSA) is 32.3 Å². The van der Waals surface area contributed by atoms with Crippen LogP contribution in [0.2, 0.25) is 5.02 Å². The first-order valence-corrected chi connectivity index (χ1v) is 6.25. The van der Waals surface area contributed by atoms with Crippen LogP contribution in [-0.2, 0) is 0 Å². The second kappa shape index (κ2) is 6.41. The molecule has 1 fully saturated rings. The maximum absolute atomic E-state index is 12.4. The van der Waals surface area contributed by atoms with Gasteiger partial charge in [0.25, 0.3) is 5.91 Å². The first kappa shape index (κ1) is 15.3. The quantitative estimate of drug-likeness (QED) is 0.861. The fraction of sp³-hybridized carbons (Fsp3) is 0.462. The summed E-state index contributed by atoms with van der Waals surface area (Å²) in [6, 6.07) is 5.84. The van der Waals surface area contributed by atoms with Gasteiger partial charge in [-0.25, -0.2) is 0 Å². The lowest BCUT2D eigenvalue weighted by atomic mass is 10.1. The van der Waals surface area contributed by atoms with Gasteiger partial charge in [0.15, 0.2) is 0 Å². The van der Waals surface area contributed by atoms with Gasteiger partial charge in [-0.2, -0.15) is 0 Å². The Morgan fingerprint density at radius 2 is 2.22 bits per heavy atom. The molecule has 3 nitrogen and oxygen atoms in total. The van der Waals surface area contributed by atoms with Gasteiger partial charge in [-0.3, -0.25) is 4.79 Å². The third-order valence-corrected chi connectivity index (χ3v) is 3.56. The van der Waals surface area contributed by atoms with E-state index in [0.717, 1.165) is 25.2 Å². The fourth-order valence-electron chi connectivity index (χ4n) is 2.13. The summed E-state index contributed by atoms with van der Waals surface area (Å²) in [5.74, 6) is 0.0818. The molecular formula is C13H18Cl2N2O. The van der Waals surface area contributed by atoms with Crippen LogP contribution in [0, 0.1) is 6.92 Å². The number of halogens is 2. The maximum Gasteiger partial charge on any atom is 0.254 e. The van der Waals surface area contributed by atoms with Gasteiger partial charge in [-0.05, 0) is 31.5 Å². The van der Waals surface area contributed by atoms with E-state index in [0.29, 0.717) is 16.6 Å². The number of hydrogen-bond donors (Lipinski definition) is 1. The average Bonchev–Trinajstić information content (AvgIpc) is 2.32. The highest BCUT2D eigenvalue weighted by molar-refractivity contribution is 6.31. The first-order valence-electron chi connectivity index (χ1n) is 5.87. The molecule has 5 heteroatoms. The van der Waals surface area contributed by atoms with Crippen LogP contribution in [0.3, 0.4) is 0 Å². The highest BCUT2D eigenvalue weighted by Crippen LogP contribution is 2.20. The van der Waals surface area contributed by atoms with Gasteiger partial charge >= 0.3 is 0 Å². The molecule has 100 valence electrons. The van der Waals surface area contributed by atoms with Crippen LogP contribution in [0.4, 0.5) is 0 Å². The predicted molar refractivity (Wildman–Crippen MR) is 76.8 cm³/mol. The largest absolute Gasteiger partial charge is 0.336 e. The van der Waals surface area contributed by atoms with Crippen molar-refractivity contribution in [2.75, 3.05) is 19.6 Å². The van der Waals surface area contributed by atoms with Crippen molar-refractivity contribution in [3.05, 3.63) is 34.3 Å². The van der Waals surface area contributed by atoms with Crippen LogP contribution in [0.5, 0.6) is 0 Å². The molecule has 0 aromatic heterocycles. The third-order valence-electron chi connectivity index (χ3n) is 3.15. The number of piperazine rings is 1. The van der Waals surface area contributed by atoms with Gasteiger partial charge in [0.05, 0.1) is 0 Å². The van der Waals surface area contributed by atoms with Gasteiger partial charge in [-0.1, -0.05) is 17.7 Å². The normalized spacial score (nSPS) is 19.3. The molecule has 18 heavy (non-hydrogen) atoms. The van der Waals surface area contributed by atoms with Crippen LogP contribution in [-0.4, -0.2) is 36.5 Å². The zero-order valence-electron chi connectivity index (χ0n) is 10.6. The lowest BCUT2D eigenvalue weighted by Gasteiger charge is -2.32. The van der Waals surface area contributed by atoms with Crippen molar-refractivity contribution in [1.29, 1.82) is 0 Å². The van der Waals surface area contributed by atoms with Gasteiger partial charge in [0, 0.05) is 36.3 Å². The number of amides is 1. The Morgan fingerprint density at radius 1 is 1.50 bits per heavy atom. The van der Waals surface area contributed by atoms with Crippen molar-refractivity contribution in [2.45, 2.75) is 19.9 Å². The Labute approximate surface area is 119 Å². The van der Waals surface area contributed by atoms with E-state index in [1.807, 2.05) is 30.0 Å². The zero-order valence-corrected chi connectivity index (χ0v) is 12.1. The molecule has 0 spiro atoms. The van der Waals surface area contributed by atoms with Crippen LogP contribution >= 0.6 is 24.0 Å². The SMILES string of the molecule is Cc1c(Cl)cccc1C(=O)N1CCN[C@@H](C)C1.Cl. The smallest absolute Gasteiger partial charge is 0.254 e. The minimum absolute atomic E-state index is 0. The third kappa shape index (κ3) is 3.16. The molecule has 1 aromatic rings. The minimum atomic E-state index is 0. The maximum atomic E-state index is 12.4. The molecule has 0 radical (unpaired) electrons. The van der Waals surface area contributed by atoms with E-state index in [2.05, 4.69) is 12.2 Å². The highest BCUT2D eigenvalue weighted by atomic mass is 35.5. The van der Waals surface area contributed by atoms with Crippen molar-refractivity contribution >= 4 is 29.9 Å². The van der Waals surface area contributed by atoms with E-state index in [9.17, 15) is 4.79 Å². The summed E-state index contributed by atoms with van der Waals surface area (Å²) >= 11 is 6.04. The average molecular weight is 289 g/mol. The number of nitrogens with zero attached hydrogens (tertiary/aromatic N) is 1. The van der Waals surface area contributed by atoms with Crippen LogP contribution in [0.1, 0.15) is 22.8 Å². The van der Waals surface area contributed by atoms with Crippen LogP contribution in [0.15, 0.2) is 18.2 Å². The summed E-state index contributed by atoms with van der Waals surface area (Å²) in [6.07, 6.45) is 0. The summed E-state index contributed by atoms with van der Waals surface area (Å²) < 4.78 is 0. The summed E-state index contributed by atoms with van der Waals surface area (Å²) in [5.41, 5.74) is 1.58. The Balaban J connectivity index is 0.00000162. The zero-order chi connectivity index (χ0) is 12.4. The highest BCUT2D eigenvalue weighted by Gasteiger charge is 2.22. The Morgan fingerprint density at radius 3 is 2.89 bits per heavy atom. The molecule has 1 aliphatic rings. The van der Waals surface area contributed by atoms with Crippen LogP contribution < -0.4 is 5.32 Å². The van der Waals surface area contributed by atoms with Crippen molar-refractivity contribution in [1.82, 2.24) is 10.2 Å². The van der Waals surface area contributed by atoms with Gasteiger partial charge < -0.3 is 10.2 Å². The molecule has 0 unspecified atom stereocenters. The standard InChI is InChI=1S/C13H17ClN2O.ClH/c1-9-8-16(7-6-15-9)13(17)11-4-3-5-12(14)10(11)2;/h3-5,9,15H,6-8H2,1-2H3;1H/t9-;/m0./s1. The molecule has 1 amide bonds. The number of hydrogen-bond acceptors (Lipinski definition) is 2. The Bertz CT molecular complexity index is 437. The summed E-state index contributed by atoms with van der Waals surface area (Å²) in [4.78, 5) is 14.2. The molecule has 1 aromatic carbocycles. The molecule has 1 aliphatic heterocycles. The molecule has 1 atom stereocenters. The molecule has 1 heterocycles. The number of benzene rings is 1. The molecular weight excluding hydrogens is 271 g/mol. The molecule has 0 saturated carbocycles. The Kier molecular flexibility index (Phi) is 5.45. The van der Waals surface area contributed by atoms with Crippen molar-refractivity contribution in [3.8, 4) is 0 Å². The number of carbonyl (C=O) groups is 1. The summed E-state index contributed by atoms with van der Waals surface area (Å²) in [5, 5.41) is 3.98. The molecule has 1 N–H and O–H groups in total. The fourth-order valence-corrected chi connectivity index (χ4v) is 2.30. The van der Waals surface area contributed by atoms with Gasteiger partial charge in [-0.15, -0.1) is 12.4 Å². The van der Waals surface area contributed by atoms with E-state index in [4.69, 9.17) is 11.6 Å². The predicted octanol–water partition coefficient (Wildman–Crippen LogP) is 2.50. The number of nitrogens with one attached hydrogen (secondary N) is 1. The summed E-state index contributed by atoms with van der Waals surface area (Å²) in [6.45, 7) is 6.35. The van der Waals surface area contributed by atoms with Crippen molar-refractivity contribution in [2.24, 2.45) is 0 Å². The first-order chi connectivity index (χ1) is 8.09. The second-order valence-corrected chi connectivity index (χ2v) is 4.93. The van der Waals surface area contributed by atoms with E-state index >= 15 is 0 Å². The number of rotatable bonds is 1. The lowest BCUT2D eigenvalue weighted by molar-refractivity contribution is 0.0708.